The zero-order chi connectivity index (χ0) is 13.8. The molecule has 2 rings (SSSR count). The second-order valence-electron chi connectivity index (χ2n) is 3.99. The molecule has 1 heterocycles. The summed E-state index contributed by atoms with van der Waals surface area (Å²) >= 11 is 3.29. The van der Waals surface area contributed by atoms with Crippen LogP contribution in [0.3, 0.4) is 0 Å². The number of aryl methyl sites for hydroxylation is 1. The van der Waals surface area contributed by atoms with Crippen LogP contribution < -0.4 is 11.1 Å². The first-order valence-corrected chi connectivity index (χ1v) is 6.66. The largest absolute Gasteiger partial charge is 0.444 e. The summed E-state index contributed by atoms with van der Waals surface area (Å²) in [5, 5.41) is 2.74. The lowest BCUT2D eigenvalue weighted by molar-refractivity contribution is 0.0947. The van der Waals surface area contributed by atoms with E-state index in [9.17, 15) is 4.79 Å². The fraction of sp³-hybridized carbons (Fsp3) is 0.231. The van der Waals surface area contributed by atoms with Gasteiger partial charge in [-0.05, 0) is 34.1 Å². The van der Waals surface area contributed by atoms with Gasteiger partial charge in [-0.3, -0.25) is 4.79 Å². The molecule has 0 spiro atoms. The van der Waals surface area contributed by atoms with Crippen LogP contribution in [0.5, 0.6) is 0 Å². The monoisotopic (exact) mass is 323 g/mol. The average Bonchev–Trinajstić information content (AvgIpc) is 2.87. The molecule has 0 saturated heterocycles. The minimum Gasteiger partial charge on any atom is -0.444 e. The van der Waals surface area contributed by atoms with Gasteiger partial charge in [-0.1, -0.05) is 6.92 Å². The Morgan fingerprint density at radius 2 is 2.32 bits per heavy atom. The highest BCUT2D eigenvalue weighted by Crippen LogP contribution is 2.20. The number of carbonyl (C=O) groups is 1. The Balaban J connectivity index is 1.99. The first kappa shape index (κ1) is 13.6. The maximum Gasteiger partial charge on any atom is 0.251 e. The van der Waals surface area contributed by atoms with Crippen LogP contribution in [0.25, 0.3) is 0 Å². The molecule has 0 radical (unpaired) electrons. The van der Waals surface area contributed by atoms with Crippen LogP contribution in [0.1, 0.15) is 28.9 Å². The molecule has 1 amide bonds. The number of nitrogens with one attached hydrogen (secondary N) is 1. The van der Waals surface area contributed by atoms with E-state index in [1.54, 1.807) is 24.4 Å². The molecule has 0 aliphatic rings. The molecule has 1 aromatic heterocycles. The van der Waals surface area contributed by atoms with Gasteiger partial charge >= 0.3 is 0 Å². The number of oxazole rings is 1. The Morgan fingerprint density at radius 3 is 2.95 bits per heavy atom. The number of halogens is 1. The van der Waals surface area contributed by atoms with Crippen LogP contribution in [0.15, 0.2) is 33.3 Å². The molecular formula is C13H14BrN3O2. The number of nitrogens with zero attached hydrogens (tertiary/aromatic N) is 1. The summed E-state index contributed by atoms with van der Waals surface area (Å²) in [5.74, 6) is 1.11. The molecule has 0 aliphatic heterocycles. The molecule has 5 nitrogen and oxygen atoms in total. The summed E-state index contributed by atoms with van der Waals surface area (Å²) in [4.78, 5) is 16.0. The summed E-state index contributed by atoms with van der Waals surface area (Å²) in [7, 11) is 0. The molecular weight excluding hydrogens is 310 g/mol. The number of benzene rings is 1. The van der Waals surface area contributed by atoms with Gasteiger partial charge in [-0.15, -0.1) is 0 Å². The average molecular weight is 324 g/mol. The zero-order valence-electron chi connectivity index (χ0n) is 10.4. The predicted molar refractivity (Wildman–Crippen MR) is 75.6 cm³/mol. The van der Waals surface area contributed by atoms with Crippen molar-refractivity contribution in [3.63, 3.8) is 0 Å². The maximum absolute atomic E-state index is 11.9. The topological polar surface area (TPSA) is 81.2 Å². The lowest BCUT2D eigenvalue weighted by Gasteiger charge is -2.04. The molecule has 0 atom stereocenters. The van der Waals surface area contributed by atoms with Crippen molar-refractivity contribution in [1.29, 1.82) is 0 Å². The first-order valence-electron chi connectivity index (χ1n) is 5.87. The van der Waals surface area contributed by atoms with E-state index in [0.717, 1.165) is 12.2 Å². The third-order valence-corrected chi connectivity index (χ3v) is 3.30. The molecule has 19 heavy (non-hydrogen) atoms. The third kappa shape index (κ3) is 3.35. The van der Waals surface area contributed by atoms with Gasteiger partial charge in [0.15, 0.2) is 0 Å². The molecule has 0 fully saturated rings. The SMILES string of the molecule is CCc1cnc(CNC(=O)c2ccc(N)c(Br)c2)o1. The van der Waals surface area contributed by atoms with Crippen molar-refractivity contribution >= 4 is 27.5 Å². The summed E-state index contributed by atoms with van der Waals surface area (Å²) in [6, 6.07) is 5.03. The number of hydrogen-bond acceptors (Lipinski definition) is 4. The lowest BCUT2D eigenvalue weighted by atomic mass is 10.2. The van der Waals surface area contributed by atoms with Crippen LogP contribution in [0.4, 0.5) is 5.69 Å². The van der Waals surface area contributed by atoms with E-state index in [0.29, 0.717) is 21.6 Å². The second kappa shape index (κ2) is 5.88. The van der Waals surface area contributed by atoms with Crippen molar-refractivity contribution in [2.45, 2.75) is 19.9 Å². The molecule has 1 aromatic carbocycles. The minimum absolute atomic E-state index is 0.197. The standard InChI is InChI=1S/C13H14BrN3O2/c1-2-9-6-16-12(19-9)7-17-13(18)8-3-4-11(15)10(14)5-8/h3-6H,2,7,15H2,1H3,(H,17,18). The van der Waals surface area contributed by atoms with E-state index in [1.165, 1.54) is 0 Å². The number of amides is 1. The smallest absolute Gasteiger partial charge is 0.251 e. The highest BCUT2D eigenvalue weighted by Gasteiger charge is 2.09. The van der Waals surface area contributed by atoms with Crippen LogP contribution in [-0.4, -0.2) is 10.9 Å². The van der Waals surface area contributed by atoms with Crippen LogP contribution >= 0.6 is 15.9 Å². The van der Waals surface area contributed by atoms with E-state index in [1.807, 2.05) is 6.92 Å². The Hall–Kier alpha value is -1.82. The Bertz CT molecular complexity index is 595. The molecule has 0 unspecified atom stereocenters. The molecule has 2 aromatic rings. The number of nitrogens with two attached hydrogens (primary N) is 1. The zero-order valence-corrected chi connectivity index (χ0v) is 12.0. The van der Waals surface area contributed by atoms with Crippen LogP contribution in [0.2, 0.25) is 0 Å². The first-order chi connectivity index (χ1) is 9.10. The van der Waals surface area contributed by atoms with E-state index in [-0.39, 0.29) is 12.5 Å². The van der Waals surface area contributed by atoms with Crippen molar-refractivity contribution < 1.29 is 9.21 Å². The molecule has 0 aliphatic carbocycles. The van der Waals surface area contributed by atoms with E-state index in [4.69, 9.17) is 10.2 Å². The number of rotatable bonds is 4. The van der Waals surface area contributed by atoms with E-state index >= 15 is 0 Å². The number of hydrogen-bond donors (Lipinski definition) is 2. The lowest BCUT2D eigenvalue weighted by Crippen LogP contribution is -2.22. The van der Waals surface area contributed by atoms with Gasteiger partial charge in [0.25, 0.3) is 5.91 Å². The summed E-state index contributed by atoms with van der Waals surface area (Å²) < 4.78 is 6.11. The van der Waals surface area contributed by atoms with Crippen LogP contribution in [0, 0.1) is 0 Å². The van der Waals surface area contributed by atoms with Crippen molar-refractivity contribution in [1.82, 2.24) is 10.3 Å². The van der Waals surface area contributed by atoms with Gasteiger partial charge in [-0.2, -0.15) is 0 Å². The predicted octanol–water partition coefficient (Wildman–Crippen LogP) is 2.51. The molecule has 100 valence electrons. The van der Waals surface area contributed by atoms with Crippen molar-refractivity contribution in [3.8, 4) is 0 Å². The van der Waals surface area contributed by atoms with E-state index < -0.39 is 0 Å². The normalized spacial score (nSPS) is 10.4. The molecule has 3 N–H and O–H groups in total. The van der Waals surface area contributed by atoms with Crippen LogP contribution in [-0.2, 0) is 13.0 Å². The highest BCUT2D eigenvalue weighted by atomic mass is 79.9. The quantitative estimate of drug-likeness (QED) is 0.847. The number of carbonyl (C=O) groups excluding carboxylic acids is 1. The fourth-order valence-corrected chi connectivity index (χ4v) is 1.90. The van der Waals surface area contributed by atoms with Crippen molar-refractivity contribution in [2.24, 2.45) is 0 Å². The Kier molecular flexibility index (Phi) is 4.21. The van der Waals surface area contributed by atoms with Gasteiger partial charge in [0.05, 0.1) is 12.7 Å². The summed E-state index contributed by atoms with van der Waals surface area (Å²) in [6.45, 7) is 2.25. The Labute approximate surface area is 119 Å². The number of nitrogen functional groups attached to an aromatic ring is 1. The van der Waals surface area contributed by atoms with Gasteiger partial charge < -0.3 is 15.5 Å². The van der Waals surface area contributed by atoms with Gasteiger partial charge in [0.1, 0.15) is 5.76 Å². The Morgan fingerprint density at radius 1 is 1.53 bits per heavy atom. The number of aromatic nitrogens is 1. The van der Waals surface area contributed by atoms with E-state index in [2.05, 4.69) is 26.2 Å². The minimum atomic E-state index is -0.197. The van der Waals surface area contributed by atoms with Gasteiger partial charge in [0, 0.05) is 22.1 Å². The summed E-state index contributed by atoms with van der Waals surface area (Å²) in [5.41, 5.74) is 6.79. The highest BCUT2D eigenvalue weighted by molar-refractivity contribution is 9.10. The van der Waals surface area contributed by atoms with Gasteiger partial charge in [-0.25, -0.2) is 4.98 Å². The van der Waals surface area contributed by atoms with Gasteiger partial charge in [0.2, 0.25) is 5.89 Å². The molecule has 6 heteroatoms. The summed E-state index contributed by atoms with van der Waals surface area (Å²) in [6.07, 6.45) is 2.45. The van der Waals surface area contributed by atoms with Crippen molar-refractivity contribution in [3.05, 3.63) is 46.1 Å². The maximum atomic E-state index is 11.9. The molecule has 0 bridgehead atoms. The molecule has 0 saturated carbocycles. The fourth-order valence-electron chi connectivity index (χ4n) is 1.52. The number of anilines is 1. The third-order valence-electron chi connectivity index (χ3n) is 2.61. The second-order valence-corrected chi connectivity index (χ2v) is 4.85. The van der Waals surface area contributed by atoms with Crippen molar-refractivity contribution in [2.75, 3.05) is 5.73 Å².